The van der Waals surface area contributed by atoms with Crippen molar-refractivity contribution in [3.8, 4) is 11.5 Å². The Morgan fingerprint density at radius 1 is 0.971 bits per heavy atom. The smallest absolute Gasteiger partial charge is 0.338 e. The molecule has 0 saturated carbocycles. The number of ether oxygens (including phenoxy) is 3. The molecule has 0 unspecified atom stereocenters. The third kappa shape index (κ3) is 4.13. The van der Waals surface area contributed by atoms with Crippen molar-refractivity contribution >= 4 is 23.0 Å². The van der Waals surface area contributed by atoms with Gasteiger partial charge in [-0.3, -0.25) is 4.57 Å². The number of hydrogen-bond donors (Lipinski definition) is 1. The first-order chi connectivity index (χ1) is 16.7. The number of hydrogen-bond acceptors (Lipinski definition) is 6. The van der Waals surface area contributed by atoms with Crippen LogP contribution < -0.4 is 10.1 Å². The molecule has 172 valence electrons. The fourth-order valence-corrected chi connectivity index (χ4v) is 4.21. The molecule has 0 fully saturated rings. The molecule has 2 heterocycles. The summed E-state index contributed by atoms with van der Waals surface area (Å²) in [6.07, 6.45) is 0. The van der Waals surface area contributed by atoms with E-state index < -0.39 is 12.0 Å². The predicted octanol–water partition coefficient (Wildman–Crippen LogP) is 5.31. The molecule has 34 heavy (non-hydrogen) atoms. The van der Waals surface area contributed by atoms with Crippen molar-refractivity contribution in [2.45, 2.75) is 13.0 Å². The largest absolute Gasteiger partial charge is 0.460 e. The zero-order valence-electron chi connectivity index (χ0n) is 19.0. The predicted molar refractivity (Wildman–Crippen MR) is 130 cm³/mol. The summed E-state index contributed by atoms with van der Waals surface area (Å²) in [6.45, 7) is 2.37. The molecular weight excluding hydrogens is 430 g/mol. The molecule has 1 aliphatic heterocycles. The Labute approximate surface area is 197 Å². The first-order valence-electron chi connectivity index (χ1n) is 11.1. The highest BCUT2D eigenvalue weighted by Crippen LogP contribution is 2.40. The second-order valence-electron chi connectivity index (χ2n) is 7.98. The minimum Gasteiger partial charge on any atom is -0.460 e. The summed E-state index contributed by atoms with van der Waals surface area (Å²) in [5.74, 6) is 1.69. The number of para-hydroxylation sites is 3. The lowest BCUT2D eigenvalue weighted by atomic mass is 9.95. The van der Waals surface area contributed by atoms with Crippen LogP contribution in [0.4, 0.5) is 5.95 Å². The van der Waals surface area contributed by atoms with Gasteiger partial charge in [-0.1, -0.05) is 42.5 Å². The number of rotatable bonds is 7. The van der Waals surface area contributed by atoms with Crippen LogP contribution in [0.25, 0.3) is 11.0 Å². The summed E-state index contributed by atoms with van der Waals surface area (Å²) < 4.78 is 18.7. The van der Waals surface area contributed by atoms with Crippen LogP contribution in [-0.2, 0) is 14.3 Å². The number of allylic oxidation sites excluding steroid dienone is 1. The first-order valence-corrected chi connectivity index (χ1v) is 11.1. The zero-order chi connectivity index (χ0) is 23.5. The fraction of sp³-hybridized carbons (Fsp3) is 0.185. The van der Waals surface area contributed by atoms with E-state index in [1.807, 2.05) is 90.4 Å². The quantitative estimate of drug-likeness (QED) is 0.301. The van der Waals surface area contributed by atoms with Crippen LogP contribution in [-0.4, -0.2) is 35.8 Å². The van der Waals surface area contributed by atoms with Gasteiger partial charge in [-0.15, -0.1) is 0 Å². The van der Waals surface area contributed by atoms with Gasteiger partial charge in [0.15, 0.2) is 0 Å². The summed E-state index contributed by atoms with van der Waals surface area (Å²) in [5.41, 5.74) is 3.86. The maximum atomic E-state index is 13.3. The Bertz CT molecular complexity index is 1360. The van der Waals surface area contributed by atoms with E-state index in [1.54, 1.807) is 7.11 Å². The van der Waals surface area contributed by atoms with Gasteiger partial charge in [0, 0.05) is 12.8 Å². The standard InChI is InChI=1S/C27H25N3O4/c1-18-24(26(31)33-16-15-32-2)25(30-23-14-7-6-13-22(23)29-27(30)28-18)19-9-8-12-21(17-19)34-20-10-4-3-5-11-20/h3-14,17,25H,15-16H2,1-2H3,(H,28,29)/t25-/m1/s1. The monoisotopic (exact) mass is 455 g/mol. The molecule has 7 nitrogen and oxygen atoms in total. The van der Waals surface area contributed by atoms with E-state index in [1.165, 1.54) is 0 Å². The third-order valence-electron chi connectivity index (χ3n) is 5.72. The van der Waals surface area contributed by atoms with E-state index >= 15 is 0 Å². The summed E-state index contributed by atoms with van der Waals surface area (Å²) in [4.78, 5) is 18.0. The van der Waals surface area contributed by atoms with Crippen molar-refractivity contribution in [1.82, 2.24) is 9.55 Å². The molecule has 1 atom stereocenters. The van der Waals surface area contributed by atoms with Crippen molar-refractivity contribution in [3.05, 3.63) is 95.7 Å². The van der Waals surface area contributed by atoms with Crippen molar-refractivity contribution in [3.63, 3.8) is 0 Å². The van der Waals surface area contributed by atoms with Crippen LogP contribution in [0.3, 0.4) is 0 Å². The average Bonchev–Trinajstić information content (AvgIpc) is 3.22. The highest BCUT2D eigenvalue weighted by molar-refractivity contribution is 5.94. The molecule has 0 radical (unpaired) electrons. The summed E-state index contributed by atoms with van der Waals surface area (Å²) in [6, 6.07) is 24.8. The molecule has 1 aliphatic rings. The molecule has 0 bridgehead atoms. The number of methoxy groups -OCH3 is 1. The number of esters is 1. The Hall–Kier alpha value is -4.10. The summed E-state index contributed by atoms with van der Waals surface area (Å²) in [5, 5.41) is 3.29. The number of fused-ring (bicyclic) bond motifs is 3. The second kappa shape index (κ2) is 9.41. The number of nitrogens with zero attached hydrogens (tertiary/aromatic N) is 2. The van der Waals surface area contributed by atoms with E-state index in [4.69, 9.17) is 19.2 Å². The highest BCUT2D eigenvalue weighted by Gasteiger charge is 2.35. The molecule has 0 aliphatic carbocycles. The molecule has 0 spiro atoms. The number of carbonyl (C=O) groups excluding carboxylic acids is 1. The Morgan fingerprint density at radius 3 is 2.56 bits per heavy atom. The topological polar surface area (TPSA) is 74.6 Å². The van der Waals surface area contributed by atoms with E-state index in [0.29, 0.717) is 29.6 Å². The van der Waals surface area contributed by atoms with Crippen molar-refractivity contribution in [2.75, 3.05) is 25.6 Å². The summed E-state index contributed by atoms with van der Waals surface area (Å²) in [7, 11) is 1.57. The molecule has 1 N–H and O–H groups in total. The van der Waals surface area contributed by atoms with Crippen LogP contribution in [0.15, 0.2) is 90.1 Å². The third-order valence-corrected chi connectivity index (χ3v) is 5.72. The van der Waals surface area contributed by atoms with Gasteiger partial charge < -0.3 is 19.5 Å². The van der Waals surface area contributed by atoms with Gasteiger partial charge in [-0.05, 0) is 48.9 Å². The minimum absolute atomic E-state index is 0.174. The van der Waals surface area contributed by atoms with E-state index in [0.717, 1.165) is 22.3 Å². The molecule has 0 amide bonds. The first kappa shape index (κ1) is 21.7. The molecular formula is C27H25N3O4. The van der Waals surface area contributed by atoms with Crippen molar-refractivity contribution < 1.29 is 19.0 Å². The number of imidazole rings is 1. The van der Waals surface area contributed by atoms with Crippen LogP contribution in [0.5, 0.6) is 11.5 Å². The van der Waals surface area contributed by atoms with E-state index in [9.17, 15) is 4.79 Å². The van der Waals surface area contributed by atoms with E-state index in [2.05, 4.69) is 5.32 Å². The fourth-order valence-electron chi connectivity index (χ4n) is 4.21. The van der Waals surface area contributed by atoms with Crippen LogP contribution in [0.2, 0.25) is 0 Å². The van der Waals surface area contributed by atoms with Gasteiger partial charge in [0.25, 0.3) is 0 Å². The maximum absolute atomic E-state index is 13.3. The lowest BCUT2D eigenvalue weighted by Crippen LogP contribution is -2.29. The maximum Gasteiger partial charge on any atom is 0.338 e. The second-order valence-corrected chi connectivity index (χ2v) is 7.98. The van der Waals surface area contributed by atoms with Gasteiger partial charge in [-0.25, -0.2) is 9.78 Å². The van der Waals surface area contributed by atoms with Gasteiger partial charge in [0.1, 0.15) is 18.1 Å². The van der Waals surface area contributed by atoms with Crippen molar-refractivity contribution in [2.24, 2.45) is 0 Å². The summed E-state index contributed by atoms with van der Waals surface area (Å²) >= 11 is 0. The van der Waals surface area contributed by atoms with Gasteiger partial charge in [0.2, 0.25) is 5.95 Å². The molecule has 3 aromatic carbocycles. The highest BCUT2D eigenvalue weighted by atomic mass is 16.6. The van der Waals surface area contributed by atoms with E-state index in [-0.39, 0.29) is 6.61 Å². The zero-order valence-corrected chi connectivity index (χ0v) is 19.0. The molecule has 5 rings (SSSR count). The number of anilines is 1. The Kier molecular flexibility index (Phi) is 6.01. The number of benzene rings is 3. The average molecular weight is 456 g/mol. The number of carbonyl (C=O) groups is 1. The van der Waals surface area contributed by atoms with Crippen LogP contribution in [0, 0.1) is 0 Å². The number of nitrogens with one attached hydrogen (secondary N) is 1. The normalized spacial score (nSPS) is 15.1. The van der Waals surface area contributed by atoms with Gasteiger partial charge >= 0.3 is 5.97 Å². The molecule has 7 heteroatoms. The number of aromatic nitrogens is 2. The Balaban J connectivity index is 1.61. The minimum atomic E-state index is -0.446. The van der Waals surface area contributed by atoms with Crippen molar-refractivity contribution in [1.29, 1.82) is 0 Å². The molecule has 4 aromatic rings. The van der Waals surface area contributed by atoms with Crippen LogP contribution in [0.1, 0.15) is 18.5 Å². The van der Waals surface area contributed by atoms with Gasteiger partial charge in [0.05, 0.1) is 29.3 Å². The lowest BCUT2D eigenvalue weighted by molar-refractivity contribution is -0.140. The van der Waals surface area contributed by atoms with Gasteiger partial charge in [-0.2, -0.15) is 0 Å². The van der Waals surface area contributed by atoms with Crippen LogP contribution >= 0.6 is 0 Å². The molecule has 1 aromatic heterocycles. The Morgan fingerprint density at radius 2 is 1.74 bits per heavy atom. The molecule has 0 saturated heterocycles. The lowest BCUT2D eigenvalue weighted by Gasteiger charge is -2.30. The SMILES string of the molecule is COCCOC(=O)C1=C(C)Nc2nc3ccccc3n2[C@@H]1c1cccc(Oc2ccccc2)c1.